The highest BCUT2D eigenvalue weighted by molar-refractivity contribution is 5.89. The number of amides is 1. The molecule has 0 aliphatic heterocycles. The summed E-state index contributed by atoms with van der Waals surface area (Å²) in [4.78, 5) is 23.5. The molecule has 2 unspecified atom stereocenters. The van der Waals surface area contributed by atoms with Crippen molar-refractivity contribution in [3.05, 3.63) is 35.9 Å². The number of benzene rings is 1. The number of rotatable bonds is 5. The topological polar surface area (TPSA) is 57.6 Å². The first-order valence-electron chi connectivity index (χ1n) is 6.40. The molecule has 1 aliphatic rings. The molecule has 21 heavy (non-hydrogen) atoms. The lowest BCUT2D eigenvalue weighted by atomic mass is 10.2. The monoisotopic (exact) mass is 301 g/mol. The Kier molecular flexibility index (Phi) is 4.20. The summed E-state index contributed by atoms with van der Waals surface area (Å²) in [5.74, 6) is -3.58. The van der Waals surface area contributed by atoms with Gasteiger partial charge in [-0.15, -0.1) is 0 Å². The quantitative estimate of drug-likeness (QED) is 0.908. The predicted octanol–water partition coefficient (Wildman–Crippen LogP) is 2.30. The van der Waals surface area contributed by atoms with Gasteiger partial charge in [-0.05, 0) is 12.0 Å². The van der Waals surface area contributed by atoms with Crippen molar-refractivity contribution in [2.75, 3.05) is 6.54 Å². The number of nitrogens with zero attached hydrogens (tertiary/aromatic N) is 1. The van der Waals surface area contributed by atoms with E-state index in [9.17, 15) is 22.8 Å². The van der Waals surface area contributed by atoms with Crippen molar-refractivity contribution in [1.29, 1.82) is 0 Å². The molecular weight excluding hydrogens is 287 g/mol. The molecule has 0 spiro atoms. The number of carbonyl (C=O) groups excluding carboxylic acids is 1. The second-order valence-electron chi connectivity index (χ2n) is 5.08. The van der Waals surface area contributed by atoms with Gasteiger partial charge in [0.05, 0.1) is 11.8 Å². The molecule has 1 aromatic carbocycles. The Morgan fingerprint density at radius 3 is 2.29 bits per heavy atom. The van der Waals surface area contributed by atoms with Gasteiger partial charge in [0.15, 0.2) is 0 Å². The first-order chi connectivity index (χ1) is 9.78. The highest BCUT2D eigenvalue weighted by Gasteiger charge is 2.50. The third kappa shape index (κ3) is 4.21. The summed E-state index contributed by atoms with van der Waals surface area (Å²) in [7, 11) is 0. The molecule has 1 amide bonds. The van der Waals surface area contributed by atoms with Gasteiger partial charge in [-0.1, -0.05) is 30.3 Å². The zero-order chi connectivity index (χ0) is 15.6. The normalized spacial score (nSPS) is 20.9. The van der Waals surface area contributed by atoms with E-state index in [1.54, 1.807) is 30.3 Å². The van der Waals surface area contributed by atoms with E-state index in [0.717, 1.165) is 0 Å². The Morgan fingerprint density at radius 1 is 1.19 bits per heavy atom. The van der Waals surface area contributed by atoms with E-state index in [4.69, 9.17) is 5.11 Å². The molecule has 1 N–H and O–H groups in total. The molecule has 1 saturated carbocycles. The third-order valence-corrected chi connectivity index (χ3v) is 3.32. The average Bonchev–Trinajstić information content (AvgIpc) is 3.17. The van der Waals surface area contributed by atoms with Crippen LogP contribution >= 0.6 is 0 Å². The molecule has 1 aromatic rings. The van der Waals surface area contributed by atoms with Crippen LogP contribution in [0.2, 0.25) is 0 Å². The van der Waals surface area contributed by atoms with Crippen LogP contribution in [0, 0.1) is 11.8 Å². The minimum atomic E-state index is -4.52. The van der Waals surface area contributed by atoms with Gasteiger partial charge >= 0.3 is 12.1 Å². The Hall–Kier alpha value is -2.05. The lowest BCUT2D eigenvalue weighted by molar-refractivity contribution is -0.163. The Labute approximate surface area is 119 Å². The van der Waals surface area contributed by atoms with Crippen LogP contribution in [0.4, 0.5) is 13.2 Å². The molecule has 7 heteroatoms. The number of alkyl halides is 3. The van der Waals surface area contributed by atoms with Crippen LogP contribution in [0.5, 0.6) is 0 Å². The first-order valence-corrected chi connectivity index (χ1v) is 6.40. The summed E-state index contributed by atoms with van der Waals surface area (Å²) in [6.45, 7) is -1.55. The molecule has 4 nitrogen and oxygen atoms in total. The maximum Gasteiger partial charge on any atom is 0.406 e. The molecule has 0 heterocycles. The number of carboxylic acid groups (broad SMARTS) is 1. The summed E-state index contributed by atoms with van der Waals surface area (Å²) >= 11 is 0. The number of carbonyl (C=O) groups is 2. The maximum atomic E-state index is 12.6. The van der Waals surface area contributed by atoms with Gasteiger partial charge in [0.25, 0.3) is 0 Å². The number of halogens is 3. The Bertz CT molecular complexity index is 530. The van der Waals surface area contributed by atoms with Crippen LogP contribution in [-0.4, -0.2) is 34.6 Å². The van der Waals surface area contributed by atoms with Crippen molar-refractivity contribution < 1.29 is 27.9 Å². The van der Waals surface area contributed by atoms with E-state index in [2.05, 4.69) is 0 Å². The number of hydrogen-bond donors (Lipinski definition) is 1. The van der Waals surface area contributed by atoms with Crippen molar-refractivity contribution in [3.8, 4) is 0 Å². The molecule has 2 atom stereocenters. The van der Waals surface area contributed by atoms with Crippen LogP contribution in [0.3, 0.4) is 0 Å². The minimum absolute atomic E-state index is 0.108. The van der Waals surface area contributed by atoms with Crippen molar-refractivity contribution in [1.82, 2.24) is 4.90 Å². The molecule has 0 radical (unpaired) electrons. The summed E-state index contributed by atoms with van der Waals surface area (Å²) in [5.41, 5.74) is 0.572. The molecular formula is C14H14F3NO3. The van der Waals surface area contributed by atoms with Crippen LogP contribution in [0.25, 0.3) is 0 Å². The maximum absolute atomic E-state index is 12.6. The number of carboxylic acids is 1. The lowest BCUT2D eigenvalue weighted by Gasteiger charge is -2.24. The molecule has 0 aromatic heterocycles. The zero-order valence-corrected chi connectivity index (χ0v) is 11.0. The number of hydrogen-bond acceptors (Lipinski definition) is 2. The standard InChI is InChI=1S/C14H14F3NO3/c15-14(16,17)8-18(7-9-4-2-1-3-5-9)12(19)10-6-11(10)13(20)21/h1-5,10-11H,6-8H2,(H,20,21). The van der Waals surface area contributed by atoms with E-state index in [1.807, 2.05) is 0 Å². The lowest BCUT2D eigenvalue weighted by Crippen LogP contribution is -2.39. The number of aliphatic carboxylic acids is 1. The highest BCUT2D eigenvalue weighted by atomic mass is 19.4. The molecule has 0 saturated heterocycles. The smallest absolute Gasteiger partial charge is 0.406 e. The first kappa shape index (κ1) is 15.3. The fourth-order valence-corrected chi connectivity index (χ4v) is 2.21. The van der Waals surface area contributed by atoms with Gasteiger partial charge in [-0.25, -0.2) is 0 Å². The summed E-state index contributed by atoms with van der Waals surface area (Å²) < 4.78 is 37.8. The Balaban J connectivity index is 2.09. The van der Waals surface area contributed by atoms with E-state index in [0.29, 0.717) is 10.5 Å². The average molecular weight is 301 g/mol. The van der Waals surface area contributed by atoms with Crippen molar-refractivity contribution in [2.24, 2.45) is 11.8 Å². The van der Waals surface area contributed by atoms with E-state index >= 15 is 0 Å². The van der Waals surface area contributed by atoms with Gasteiger partial charge < -0.3 is 10.0 Å². The predicted molar refractivity (Wildman–Crippen MR) is 67.1 cm³/mol. The van der Waals surface area contributed by atoms with Crippen molar-refractivity contribution in [3.63, 3.8) is 0 Å². The highest BCUT2D eigenvalue weighted by Crippen LogP contribution is 2.40. The molecule has 0 bridgehead atoms. The van der Waals surface area contributed by atoms with E-state index < -0.39 is 36.4 Å². The largest absolute Gasteiger partial charge is 0.481 e. The van der Waals surface area contributed by atoms with Crippen LogP contribution in [-0.2, 0) is 16.1 Å². The summed E-state index contributed by atoms with van der Waals surface area (Å²) in [6.07, 6.45) is -4.41. The fourth-order valence-electron chi connectivity index (χ4n) is 2.21. The van der Waals surface area contributed by atoms with Crippen LogP contribution in [0.1, 0.15) is 12.0 Å². The van der Waals surface area contributed by atoms with Crippen LogP contribution < -0.4 is 0 Å². The molecule has 1 aliphatic carbocycles. The SMILES string of the molecule is O=C(O)C1CC1C(=O)N(Cc1ccccc1)CC(F)(F)F. The van der Waals surface area contributed by atoms with Gasteiger partial charge in [0.1, 0.15) is 6.54 Å². The summed E-state index contributed by atoms with van der Waals surface area (Å²) in [6, 6.07) is 8.31. The second-order valence-corrected chi connectivity index (χ2v) is 5.08. The summed E-state index contributed by atoms with van der Waals surface area (Å²) in [5, 5.41) is 8.78. The molecule has 114 valence electrons. The minimum Gasteiger partial charge on any atom is -0.481 e. The third-order valence-electron chi connectivity index (χ3n) is 3.32. The van der Waals surface area contributed by atoms with E-state index in [1.165, 1.54) is 0 Å². The molecule has 1 fully saturated rings. The van der Waals surface area contributed by atoms with Gasteiger partial charge in [0.2, 0.25) is 5.91 Å². The van der Waals surface area contributed by atoms with E-state index in [-0.39, 0.29) is 13.0 Å². The van der Waals surface area contributed by atoms with Gasteiger partial charge in [-0.3, -0.25) is 9.59 Å². The molecule has 2 rings (SSSR count). The second kappa shape index (κ2) is 5.75. The van der Waals surface area contributed by atoms with Gasteiger partial charge in [0, 0.05) is 6.54 Å². The Morgan fingerprint density at radius 2 is 1.81 bits per heavy atom. The van der Waals surface area contributed by atoms with Crippen molar-refractivity contribution in [2.45, 2.75) is 19.1 Å². The van der Waals surface area contributed by atoms with Crippen LogP contribution in [0.15, 0.2) is 30.3 Å². The fraction of sp³-hybridized carbons (Fsp3) is 0.429. The zero-order valence-electron chi connectivity index (χ0n) is 11.0. The van der Waals surface area contributed by atoms with Gasteiger partial charge in [-0.2, -0.15) is 13.2 Å². The van der Waals surface area contributed by atoms with Crippen molar-refractivity contribution >= 4 is 11.9 Å².